The lowest BCUT2D eigenvalue weighted by atomic mass is 9.91. The molecule has 2 aliphatic heterocycles. The van der Waals surface area contributed by atoms with E-state index in [1.165, 1.54) is 11.8 Å². The van der Waals surface area contributed by atoms with Crippen molar-refractivity contribution in [2.45, 2.75) is 33.6 Å². The summed E-state index contributed by atoms with van der Waals surface area (Å²) in [5, 5.41) is 9.71. The third-order valence-corrected chi connectivity index (χ3v) is 8.13. The second-order valence-electron chi connectivity index (χ2n) is 9.63. The Hall–Kier alpha value is -2.89. The van der Waals surface area contributed by atoms with Crippen LogP contribution in [0, 0.1) is 30.1 Å². The van der Waals surface area contributed by atoms with Crippen LogP contribution in [-0.4, -0.2) is 39.3 Å². The molecule has 1 aromatic heterocycles. The Labute approximate surface area is 216 Å². The first kappa shape index (κ1) is 25.2. The van der Waals surface area contributed by atoms with E-state index < -0.39 is 0 Å². The van der Waals surface area contributed by atoms with E-state index >= 15 is 0 Å². The number of nitriles is 1. The number of benzene rings is 1. The molecule has 2 aromatic rings. The Bertz CT molecular complexity index is 1280. The van der Waals surface area contributed by atoms with Gasteiger partial charge >= 0.3 is 0 Å². The van der Waals surface area contributed by atoms with E-state index in [2.05, 4.69) is 24.8 Å². The second kappa shape index (κ2) is 10.4. The Morgan fingerprint density at radius 3 is 2.46 bits per heavy atom. The van der Waals surface area contributed by atoms with Crippen LogP contribution in [0.5, 0.6) is 0 Å². The number of carbonyl (C=O) groups excluding carboxylic acids is 1. The van der Waals surface area contributed by atoms with Gasteiger partial charge in [0.1, 0.15) is 21.8 Å². The van der Waals surface area contributed by atoms with Gasteiger partial charge in [0.2, 0.25) is 0 Å². The summed E-state index contributed by atoms with van der Waals surface area (Å²) >= 11 is 6.83. The molecule has 8 heteroatoms. The number of hydrogen-bond donors (Lipinski definition) is 0. The lowest BCUT2D eigenvalue weighted by Gasteiger charge is -2.38. The van der Waals surface area contributed by atoms with Gasteiger partial charge < -0.3 is 4.90 Å². The summed E-state index contributed by atoms with van der Waals surface area (Å²) < 4.78 is 2.10. The summed E-state index contributed by atoms with van der Waals surface area (Å²) in [6.45, 7) is 8.38. The molecule has 0 aliphatic carbocycles. The van der Waals surface area contributed by atoms with Crippen LogP contribution >= 0.6 is 24.0 Å². The van der Waals surface area contributed by atoms with Gasteiger partial charge in [0.15, 0.2) is 0 Å². The lowest BCUT2D eigenvalue weighted by Crippen LogP contribution is -2.42. The minimum Gasteiger partial charge on any atom is -0.357 e. The lowest BCUT2D eigenvalue weighted by molar-refractivity contribution is -0.122. The number of pyridine rings is 1. The Balaban J connectivity index is 1.73. The maximum atomic E-state index is 13.4. The molecular formula is C27H30N4O2S2. The van der Waals surface area contributed by atoms with Gasteiger partial charge in [-0.15, -0.1) is 0 Å². The summed E-state index contributed by atoms with van der Waals surface area (Å²) in [5.74, 6) is 1.59. The average molecular weight is 507 g/mol. The van der Waals surface area contributed by atoms with Crippen molar-refractivity contribution in [1.29, 1.82) is 5.26 Å². The maximum absolute atomic E-state index is 13.4. The van der Waals surface area contributed by atoms with Crippen molar-refractivity contribution in [3.05, 3.63) is 67.8 Å². The molecule has 2 aliphatic rings. The highest BCUT2D eigenvalue weighted by Gasteiger charge is 2.33. The number of thiocarbonyl (C=S) groups is 1. The van der Waals surface area contributed by atoms with Gasteiger partial charge in [-0.05, 0) is 48.8 Å². The van der Waals surface area contributed by atoms with E-state index in [9.17, 15) is 14.9 Å². The molecule has 182 valence electrons. The molecule has 1 aromatic carbocycles. The van der Waals surface area contributed by atoms with Gasteiger partial charge in [-0.3, -0.25) is 19.1 Å². The van der Waals surface area contributed by atoms with Crippen LogP contribution in [-0.2, 0) is 18.3 Å². The Kier molecular flexibility index (Phi) is 7.48. The van der Waals surface area contributed by atoms with E-state index in [1.54, 1.807) is 23.4 Å². The van der Waals surface area contributed by atoms with Crippen molar-refractivity contribution >= 4 is 46.1 Å². The normalized spacial score (nSPS) is 21.6. The zero-order valence-corrected chi connectivity index (χ0v) is 22.2. The van der Waals surface area contributed by atoms with Crippen molar-refractivity contribution in [3.63, 3.8) is 0 Å². The number of amides is 1. The van der Waals surface area contributed by atoms with Crippen molar-refractivity contribution in [2.75, 3.05) is 24.5 Å². The second-order valence-corrected chi connectivity index (χ2v) is 11.3. The highest BCUT2D eigenvalue weighted by atomic mass is 32.2. The van der Waals surface area contributed by atoms with Gasteiger partial charge in [-0.1, -0.05) is 68.2 Å². The Morgan fingerprint density at radius 1 is 1.17 bits per heavy atom. The molecular weight excluding hydrogens is 476 g/mol. The van der Waals surface area contributed by atoms with Crippen molar-refractivity contribution in [2.24, 2.45) is 18.9 Å². The van der Waals surface area contributed by atoms with Gasteiger partial charge in [0, 0.05) is 32.2 Å². The van der Waals surface area contributed by atoms with E-state index in [4.69, 9.17) is 12.2 Å². The van der Waals surface area contributed by atoms with Crippen molar-refractivity contribution < 1.29 is 4.79 Å². The summed E-state index contributed by atoms with van der Waals surface area (Å²) in [6.07, 6.45) is 3.68. The number of rotatable bonds is 5. The van der Waals surface area contributed by atoms with Crippen LogP contribution in [0.3, 0.4) is 0 Å². The molecule has 2 unspecified atom stereocenters. The number of carbonyl (C=O) groups is 1. The molecule has 0 bridgehead atoms. The van der Waals surface area contributed by atoms with Crippen LogP contribution in [0.2, 0.25) is 0 Å². The molecule has 0 spiro atoms. The molecule has 2 atom stereocenters. The third-order valence-electron chi connectivity index (χ3n) is 6.75. The molecule has 35 heavy (non-hydrogen) atoms. The first-order chi connectivity index (χ1) is 16.7. The predicted molar refractivity (Wildman–Crippen MR) is 146 cm³/mol. The average Bonchev–Trinajstić information content (AvgIpc) is 3.08. The van der Waals surface area contributed by atoms with Crippen LogP contribution in [0.25, 0.3) is 6.08 Å². The van der Waals surface area contributed by atoms with Crippen LogP contribution < -0.4 is 10.5 Å². The smallest absolute Gasteiger partial charge is 0.270 e. The summed E-state index contributed by atoms with van der Waals surface area (Å²) in [4.78, 5) is 30.8. The van der Waals surface area contributed by atoms with Crippen LogP contribution in [0.1, 0.15) is 42.5 Å². The quantitative estimate of drug-likeness (QED) is 0.440. The molecule has 6 nitrogen and oxygen atoms in total. The van der Waals surface area contributed by atoms with E-state index in [0.717, 1.165) is 36.5 Å². The van der Waals surface area contributed by atoms with Gasteiger partial charge in [-0.2, -0.15) is 5.26 Å². The van der Waals surface area contributed by atoms with E-state index in [0.29, 0.717) is 39.6 Å². The molecule has 0 radical (unpaired) electrons. The fourth-order valence-corrected chi connectivity index (χ4v) is 6.43. The molecule has 4 rings (SSSR count). The fourth-order valence-electron chi connectivity index (χ4n) is 5.14. The number of aromatic nitrogens is 1. The van der Waals surface area contributed by atoms with Crippen LogP contribution in [0.4, 0.5) is 5.82 Å². The topological polar surface area (TPSA) is 69.3 Å². The van der Waals surface area contributed by atoms with Gasteiger partial charge in [0.05, 0.1) is 4.91 Å². The minimum atomic E-state index is -0.307. The SMILES string of the molecule is Cc1c(/C=C2\SC(=S)N(CCc3ccccc3)C2=O)c(N2CC(C)CC(C)C2)n(C)c(=O)c1C#N. The number of thioether (sulfide) groups is 1. The first-order valence-electron chi connectivity index (χ1n) is 11.9. The zero-order chi connectivity index (χ0) is 25.3. The molecule has 2 fully saturated rings. The molecule has 1 amide bonds. The number of anilines is 1. The van der Waals surface area contributed by atoms with E-state index in [1.807, 2.05) is 36.4 Å². The molecule has 0 saturated carbocycles. The third kappa shape index (κ3) is 5.07. The zero-order valence-electron chi connectivity index (χ0n) is 20.6. The highest BCUT2D eigenvalue weighted by molar-refractivity contribution is 8.26. The van der Waals surface area contributed by atoms with Crippen molar-refractivity contribution in [3.8, 4) is 6.07 Å². The molecule has 3 heterocycles. The van der Waals surface area contributed by atoms with E-state index in [-0.39, 0.29) is 17.0 Å². The number of hydrogen-bond acceptors (Lipinski definition) is 6. The van der Waals surface area contributed by atoms with Crippen molar-refractivity contribution in [1.82, 2.24) is 9.47 Å². The van der Waals surface area contributed by atoms with Crippen LogP contribution in [0.15, 0.2) is 40.0 Å². The number of piperidine rings is 1. The summed E-state index contributed by atoms with van der Waals surface area (Å²) in [6, 6.07) is 12.1. The fraction of sp³-hybridized carbons (Fsp3) is 0.407. The molecule has 0 N–H and O–H groups in total. The van der Waals surface area contributed by atoms with Gasteiger partial charge in [-0.25, -0.2) is 0 Å². The first-order valence-corrected chi connectivity index (χ1v) is 13.1. The van der Waals surface area contributed by atoms with Gasteiger partial charge in [0.25, 0.3) is 11.5 Å². The standard InChI is InChI=1S/C27H30N4O2S2/c1-17-12-18(2)16-30(15-17)24-21(19(3)22(14-28)25(32)29(24)4)13-23-26(33)31(27(34)35-23)11-10-20-8-6-5-7-9-20/h5-9,13,17-18H,10-12,15-16H2,1-4H3/b23-13-. The molecule has 2 saturated heterocycles. The number of nitrogens with zero attached hydrogens (tertiary/aromatic N) is 4. The predicted octanol–water partition coefficient (Wildman–Crippen LogP) is 4.49. The Morgan fingerprint density at radius 2 is 1.83 bits per heavy atom. The largest absolute Gasteiger partial charge is 0.357 e. The minimum absolute atomic E-state index is 0.111. The monoisotopic (exact) mass is 506 g/mol. The maximum Gasteiger partial charge on any atom is 0.270 e. The summed E-state index contributed by atoms with van der Waals surface area (Å²) in [7, 11) is 1.71. The summed E-state index contributed by atoms with van der Waals surface area (Å²) in [5.41, 5.74) is 2.30. The highest BCUT2D eigenvalue weighted by Crippen LogP contribution is 2.37.